The van der Waals surface area contributed by atoms with Gasteiger partial charge < -0.3 is 15.0 Å². The van der Waals surface area contributed by atoms with Crippen LogP contribution in [-0.2, 0) is 4.74 Å². The average molecular weight is 371 g/mol. The SMILES string of the molecule is Fc1cc(F)c(F)c([C@H]2CC3=C(CCN4CCOCC4)NCN3C2)c1F. The molecule has 2 saturated heterocycles. The maximum Gasteiger partial charge on any atom is 0.165 e. The number of fused-ring (bicyclic) bond motifs is 1. The Bertz CT molecular complexity index is 707. The summed E-state index contributed by atoms with van der Waals surface area (Å²) in [4.78, 5) is 4.32. The standard InChI is InChI=1S/C18H21F4N3O/c19-12-8-13(20)18(22)16(17(12)21)11-7-15-14(23-10-25(15)9-11)1-2-24-3-5-26-6-4-24/h8,11,23H,1-7,9-10H2/t11-/m0/s1. The van der Waals surface area contributed by atoms with Crippen LogP contribution in [0.3, 0.4) is 0 Å². The lowest BCUT2D eigenvalue weighted by Gasteiger charge is -2.26. The predicted octanol–water partition coefficient (Wildman–Crippen LogP) is 2.53. The highest BCUT2D eigenvalue weighted by Crippen LogP contribution is 2.40. The fourth-order valence-corrected chi connectivity index (χ4v) is 4.04. The molecule has 3 aliphatic rings. The summed E-state index contributed by atoms with van der Waals surface area (Å²) in [7, 11) is 0. The van der Waals surface area contributed by atoms with E-state index in [0.717, 1.165) is 50.7 Å². The average Bonchev–Trinajstić information content (AvgIpc) is 3.20. The van der Waals surface area contributed by atoms with Crippen LogP contribution in [0, 0.1) is 23.3 Å². The predicted molar refractivity (Wildman–Crippen MR) is 87.2 cm³/mol. The molecule has 1 N–H and O–H groups in total. The van der Waals surface area contributed by atoms with E-state index in [9.17, 15) is 17.6 Å². The number of hydrogen-bond donors (Lipinski definition) is 1. The molecular formula is C18H21F4N3O. The van der Waals surface area contributed by atoms with Crippen molar-refractivity contribution in [2.75, 3.05) is 46.1 Å². The van der Waals surface area contributed by atoms with Crippen molar-refractivity contribution in [3.63, 3.8) is 0 Å². The molecule has 0 aliphatic carbocycles. The van der Waals surface area contributed by atoms with Gasteiger partial charge in [-0.05, 0) is 6.42 Å². The Kier molecular flexibility index (Phi) is 4.79. The minimum Gasteiger partial charge on any atom is -0.379 e. The molecule has 0 spiro atoms. The second-order valence-corrected chi connectivity index (χ2v) is 6.97. The van der Waals surface area contributed by atoms with Crippen molar-refractivity contribution >= 4 is 0 Å². The van der Waals surface area contributed by atoms with E-state index >= 15 is 0 Å². The molecule has 8 heteroatoms. The lowest BCUT2D eigenvalue weighted by molar-refractivity contribution is 0.0383. The normalized spacial score (nSPS) is 23.5. The van der Waals surface area contributed by atoms with E-state index in [1.165, 1.54) is 0 Å². The van der Waals surface area contributed by atoms with E-state index in [4.69, 9.17) is 4.74 Å². The number of nitrogens with zero attached hydrogens (tertiary/aromatic N) is 2. The van der Waals surface area contributed by atoms with Gasteiger partial charge in [-0.25, -0.2) is 17.6 Å². The third-order valence-corrected chi connectivity index (χ3v) is 5.43. The van der Waals surface area contributed by atoms with E-state index in [-0.39, 0.29) is 6.07 Å². The molecule has 26 heavy (non-hydrogen) atoms. The van der Waals surface area contributed by atoms with E-state index in [2.05, 4.69) is 10.2 Å². The van der Waals surface area contributed by atoms with Gasteiger partial charge in [-0.2, -0.15) is 0 Å². The first kappa shape index (κ1) is 17.6. The zero-order chi connectivity index (χ0) is 18.3. The Morgan fingerprint density at radius 1 is 1.08 bits per heavy atom. The molecule has 3 aliphatic heterocycles. The van der Waals surface area contributed by atoms with E-state index in [1.54, 1.807) is 0 Å². The molecule has 3 heterocycles. The Balaban J connectivity index is 1.50. The Labute approximate surface area is 149 Å². The van der Waals surface area contributed by atoms with Gasteiger partial charge in [-0.15, -0.1) is 0 Å². The first-order valence-electron chi connectivity index (χ1n) is 8.88. The number of halogens is 4. The second kappa shape index (κ2) is 7.08. The molecule has 0 amide bonds. The number of ether oxygens (including phenoxy) is 1. The third kappa shape index (κ3) is 3.16. The topological polar surface area (TPSA) is 27.7 Å². The van der Waals surface area contributed by atoms with Gasteiger partial charge in [0, 0.05) is 61.5 Å². The molecular weight excluding hydrogens is 350 g/mol. The Hall–Kier alpha value is -1.80. The number of nitrogens with one attached hydrogen (secondary N) is 1. The van der Waals surface area contributed by atoms with Crippen molar-refractivity contribution in [2.24, 2.45) is 0 Å². The maximum absolute atomic E-state index is 14.1. The van der Waals surface area contributed by atoms with E-state index in [0.29, 0.717) is 19.6 Å². The Morgan fingerprint density at radius 3 is 2.46 bits per heavy atom. The molecule has 0 aromatic heterocycles. The molecule has 1 aromatic carbocycles. The zero-order valence-corrected chi connectivity index (χ0v) is 14.3. The molecule has 1 aromatic rings. The van der Waals surface area contributed by atoms with Gasteiger partial charge in [0.05, 0.1) is 19.9 Å². The second-order valence-electron chi connectivity index (χ2n) is 6.97. The summed E-state index contributed by atoms with van der Waals surface area (Å²) in [5.41, 5.74) is 1.57. The summed E-state index contributed by atoms with van der Waals surface area (Å²) in [5, 5.41) is 3.33. The maximum atomic E-state index is 14.1. The lowest BCUT2D eigenvalue weighted by atomic mass is 9.95. The highest BCUT2D eigenvalue weighted by Gasteiger charge is 2.37. The molecule has 0 radical (unpaired) electrons. The highest BCUT2D eigenvalue weighted by atomic mass is 19.2. The van der Waals surface area contributed by atoms with Crippen LogP contribution in [0.15, 0.2) is 17.5 Å². The number of morpholine rings is 1. The minimum absolute atomic E-state index is 0.263. The Morgan fingerprint density at radius 2 is 1.77 bits per heavy atom. The highest BCUT2D eigenvalue weighted by molar-refractivity contribution is 5.33. The van der Waals surface area contributed by atoms with Gasteiger partial charge >= 0.3 is 0 Å². The summed E-state index contributed by atoms with van der Waals surface area (Å²) < 4.78 is 60.6. The fraction of sp³-hybridized carbons (Fsp3) is 0.556. The molecule has 0 bridgehead atoms. The number of allylic oxidation sites excluding steroid dienone is 1. The van der Waals surface area contributed by atoms with Crippen LogP contribution < -0.4 is 5.32 Å². The molecule has 142 valence electrons. The van der Waals surface area contributed by atoms with Crippen LogP contribution in [0.1, 0.15) is 24.3 Å². The quantitative estimate of drug-likeness (QED) is 0.650. The van der Waals surface area contributed by atoms with Gasteiger partial charge in [0.25, 0.3) is 0 Å². The van der Waals surface area contributed by atoms with Crippen LogP contribution in [0.2, 0.25) is 0 Å². The van der Waals surface area contributed by atoms with Crippen molar-refractivity contribution < 1.29 is 22.3 Å². The van der Waals surface area contributed by atoms with Gasteiger partial charge in [0.15, 0.2) is 23.3 Å². The fourth-order valence-electron chi connectivity index (χ4n) is 4.04. The number of benzene rings is 1. The van der Waals surface area contributed by atoms with Crippen LogP contribution >= 0.6 is 0 Å². The number of rotatable bonds is 4. The van der Waals surface area contributed by atoms with Crippen molar-refractivity contribution in [3.8, 4) is 0 Å². The summed E-state index contributed by atoms with van der Waals surface area (Å²) in [5.74, 6) is -5.83. The summed E-state index contributed by atoms with van der Waals surface area (Å²) in [6, 6.07) is 0.263. The first-order chi connectivity index (χ1) is 12.5. The van der Waals surface area contributed by atoms with Gasteiger partial charge in [0.2, 0.25) is 0 Å². The van der Waals surface area contributed by atoms with E-state index < -0.39 is 34.8 Å². The smallest absolute Gasteiger partial charge is 0.165 e. The van der Waals surface area contributed by atoms with Crippen molar-refractivity contribution in [1.29, 1.82) is 0 Å². The number of hydrogen-bond acceptors (Lipinski definition) is 4. The van der Waals surface area contributed by atoms with Crippen LogP contribution in [0.4, 0.5) is 17.6 Å². The zero-order valence-electron chi connectivity index (χ0n) is 14.3. The van der Waals surface area contributed by atoms with Crippen molar-refractivity contribution in [2.45, 2.75) is 18.8 Å². The summed E-state index contributed by atoms with van der Waals surface area (Å²) >= 11 is 0. The van der Waals surface area contributed by atoms with Crippen molar-refractivity contribution in [1.82, 2.24) is 15.1 Å². The van der Waals surface area contributed by atoms with Crippen LogP contribution in [-0.4, -0.2) is 55.9 Å². The monoisotopic (exact) mass is 371 g/mol. The molecule has 0 unspecified atom stereocenters. The van der Waals surface area contributed by atoms with Crippen LogP contribution in [0.25, 0.3) is 0 Å². The van der Waals surface area contributed by atoms with Crippen LogP contribution in [0.5, 0.6) is 0 Å². The third-order valence-electron chi connectivity index (χ3n) is 5.43. The van der Waals surface area contributed by atoms with E-state index in [1.807, 2.05) is 4.90 Å². The van der Waals surface area contributed by atoms with Gasteiger partial charge in [-0.3, -0.25) is 4.90 Å². The van der Waals surface area contributed by atoms with Gasteiger partial charge in [0.1, 0.15) is 0 Å². The molecule has 4 rings (SSSR count). The molecule has 0 saturated carbocycles. The largest absolute Gasteiger partial charge is 0.379 e. The lowest BCUT2D eigenvalue weighted by Crippen LogP contribution is -2.37. The summed E-state index contributed by atoms with van der Waals surface area (Å²) in [6.45, 7) is 5.05. The van der Waals surface area contributed by atoms with Crippen molar-refractivity contribution in [3.05, 3.63) is 46.3 Å². The molecule has 2 fully saturated rings. The molecule has 1 atom stereocenters. The van der Waals surface area contributed by atoms with Gasteiger partial charge in [-0.1, -0.05) is 0 Å². The summed E-state index contributed by atoms with van der Waals surface area (Å²) in [6.07, 6.45) is 1.18. The minimum atomic E-state index is -1.34. The molecule has 4 nitrogen and oxygen atoms in total. The first-order valence-corrected chi connectivity index (χ1v) is 8.88.